The fourth-order valence-electron chi connectivity index (χ4n) is 4.30. The lowest BCUT2D eigenvalue weighted by Crippen LogP contribution is -2.44. The molecule has 1 saturated heterocycles. The Labute approximate surface area is 147 Å². The highest BCUT2D eigenvalue weighted by Gasteiger charge is 2.27. The van der Waals surface area contributed by atoms with Gasteiger partial charge in [-0.05, 0) is 75.5 Å². The molecule has 4 rings (SSSR count). The van der Waals surface area contributed by atoms with Gasteiger partial charge in [-0.1, -0.05) is 22.9 Å². The Balaban J connectivity index is 1.55. The summed E-state index contributed by atoms with van der Waals surface area (Å²) in [6.07, 6.45) is 6.32. The summed E-state index contributed by atoms with van der Waals surface area (Å²) in [7, 11) is 0. The number of aromatic amines is 1. The number of aryl methyl sites for hydroxylation is 1. The first kappa shape index (κ1) is 15.7. The van der Waals surface area contributed by atoms with Crippen LogP contribution in [0.2, 0.25) is 0 Å². The summed E-state index contributed by atoms with van der Waals surface area (Å²) in [4.78, 5) is 6.27. The van der Waals surface area contributed by atoms with E-state index in [0.29, 0.717) is 12.1 Å². The highest BCUT2D eigenvalue weighted by atomic mass is 79.9. The van der Waals surface area contributed by atoms with E-state index in [2.05, 4.69) is 56.3 Å². The van der Waals surface area contributed by atoms with Gasteiger partial charge in [-0.25, -0.2) is 0 Å². The van der Waals surface area contributed by atoms with Crippen molar-refractivity contribution in [1.29, 1.82) is 0 Å². The smallest absolute Gasteiger partial charge is 0.0478 e. The zero-order chi connectivity index (χ0) is 15.8. The first-order valence-corrected chi connectivity index (χ1v) is 9.82. The van der Waals surface area contributed by atoms with E-state index in [9.17, 15) is 0 Å². The monoisotopic (exact) mass is 375 g/mol. The zero-order valence-corrected chi connectivity index (χ0v) is 15.5. The lowest BCUT2D eigenvalue weighted by molar-refractivity contribution is 0.195. The van der Waals surface area contributed by atoms with Crippen LogP contribution < -0.4 is 5.32 Å². The van der Waals surface area contributed by atoms with E-state index < -0.39 is 0 Å². The lowest BCUT2D eigenvalue weighted by atomic mass is 9.90. The second kappa shape index (κ2) is 6.58. The van der Waals surface area contributed by atoms with Gasteiger partial charge in [-0.3, -0.25) is 0 Å². The van der Waals surface area contributed by atoms with Crippen LogP contribution in [0, 0.1) is 0 Å². The molecule has 3 nitrogen and oxygen atoms in total. The molecule has 2 aliphatic rings. The SMILES string of the molecule is CCN1CCC(NC2CCCc3c2[nH]c2ccc(Br)cc32)CC1. The number of fused-ring (bicyclic) bond motifs is 3. The molecule has 0 spiro atoms. The van der Waals surface area contributed by atoms with Gasteiger partial charge in [0.05, 0.1) is 0 Å². The molecule has 1 aromatic carbocycles. The second-order valence-electron chi connectivity index (χ2n) is 7.03. The quantitative estimate of drug-likeness (QED) is 0.833. The van der Waals surface area contributed by atoms with Crippen molar-refractivity contribution in [3.63, 3.8) is 0 Å². The molecule has 1 aromatic heterocycles. The van der Waals surface area contributed by atoms with Crippen LogP contribution in [-0.2, 0) is 6.42 Å². The summed E-state index contributed by atoms with van der Waals surface area (Å²) in [6.45, 7) is 5.95. The van der Waals surface area contributed by atoms with Crippen molar-refractivity contribution in [3.05, 3.63) is 33.9 Å². The molecule has 1 atom stereocenters. The predicted octanol–water partition coefficient (Wildman–Crippen LogP) is 4.38. The van der Waals surface area contributed by atoms with Gasteiger partial charge in [0, 0.05) is 33.2 Å². The minimum Gasteiger partial charge on any atom is -0.357 e. The van der Waals surface area contributed by atoms with Crippen molar-refractivity contribution in [2.75, 3.05) is 19.6 Å². The number of likely N-dealkylation sites (tertiary alicyclic amines) is 1. The van der Waals surface area contributed by atoms with E-state index in [-0.39, 0.29) is 0 Å². The average Bonchev–Trinajstić information content (AvgIpc) is 2.95. The van der Waals surface area contributed by atoms with Crippen molar-refractivity contribution in [2.45, 2.75) is 51.1 Å². The standard InChI is InChI=1S/C19H26BrN3/c1-2-23-10-8-14(9-11-23)21-18-5-3-4-15-16-12-13(20)6-7-17(16)22-19(15)18/h6-7,12,14,18,21-22H,2-5,8-11H2,1H3. The summed E-state index contributed by atoms with van der Waals surface area (Å²) in [6, 6.07) is 7.78. The van der Waals surface area contributed by atoms with Gasteiger partial charge in [-0.2, -0.15) is 0 Å². The fraction of sp³-hybridized carbons (Fsp3) is 0.579. The summed E-state index contributed by atoms with van der Waals surface area (Å²) in [5.74, 6) is 0. The lowest BCUT2D eigenvalue weighted by Gasteiger charge is -2.35. The molecule has 0 radical (unpaired) electrons. The number of nitrogens with zero attached hydrogens (tertiary/aromatic N) is 1. The third-order valence-electron chi connectivity index (χ3n) is 5.64. The number of rotatable bonds is 3. The van der Waals surface area contributed by atoms with Gasteiger partial charge >= 0.3 is 0 Å². The maximum atomic E-state index is 3.96. The van der Waals surface area contributed by atoms with Crippen molar-refractivity contribution in [1.82, 2.24) is 15.2 Å². The highest BCUT2D eigenvalue weighted by Crippen LogP contribution is 2.36. The Hall–Kier alpha value is -0.840. The molecule has 124 valence electrons. The molecule has 0 bridgehead atoms. The van der Waals surface area contributed by atoms with E-state index in [1.807, 2.05) is 0 Å². The Morgan fingerprint density at radius 2 is 2.09 bits per heavy atom. The van der Waals surface area contributed by atoms with Crippen LogP contribution in [0.1, 0.15) is 49.9 Å². The Bertz CT molecular complexity index is 685. The summed E-state index contributed by atoms with van der Waals surface area (Å²) >= 11 is 3.62. The molecule has 2 heterocycles. The first-order valence-electron chi connectivity index (χ1n) is 9.03. The number of halogens is 1. The minimum absolute atomic E-state index is 0.503. The fourth-order valence-corrected chi connectivity index (χ4v) is 4.66. The van der Waals surface area contributed by atoms with Gasteiger partial charge < -0.3 is 15.2 Å². The minimum atomic E-state index is 0.503. The third-order valence-corrected chi connectivity index (χ3v) is 6.13. The van der Waals surface area contributed by atoms with Gasteiger partial charge in [0.2, 0.25) is 0 Å². The van der Waals surface area contributed by atoms with Crippen molar-refractivity contribution in [2.24, 2.45) is 0 Å². The topological polar surface area (TPSA) is 31.1 Å². The molecule has 1 unspecified atom stereocenters. The predicted molar refractivity (Wildman–Crippen MR) is 99.9 cm³/mol. The van der Waals surface area contributed by atoms with Gasteiger partial charge in [-0.15, -0.1) is 0 Å². The third kappa shape index (κ3) is 3.09. The largest absolute Gasteiger partial charge is 0.357 e. The zero-order valence-electron chi connectivity index (χ0n) is 13.9. The molecule has 2 aromatic rings. The Morgan fingerprint density at radius 3 is 2.87 bits per heavy atom. The summed E-state index contributed by atoms with van der Waals surface area (Å²) in [5.41, 5.74) is 4.27. The van der Waals surface area contributed by atoms with E-state index in [1.165, 1.54) is 78.4 Å². The molecule has 1 aliphatic carbocycles. The number of benzene rings is 1. The Morgan fingerprint density at radius 1 is 1.26 bits per heavy atom. The second-order valence-corrected chi connectivity index (χ2v) is 7.94. The number of nitrogens with one attached hydrogen (secondary N) is 2. The summed E-state index contributed by atoms with van der Waals surface area (Å²) in [5, 5.41) is 5.37. The Kier molecular flexibility index (Phi) is 4.48. The van der Waals surface area contributed by atoms with Crippen LogP contribution in [-0.4, -0.2) is 35.6 Å². The normalized spacial score (nSPS) is 23.3. The molecule has 2 N–H and O–H groups in total. The molecule has 0 saturated carbocycles. The molecule has 23 heavy (non-hydrogen) atoms. The maximum absolute atomic E-state index is 3.96. The summed E-state index contributed by atoms with van der Waals surface area (Å²) < 4.78 is 1.17. The van der Waals surface area contributed by atoms with Crippen LogP contribution >= 0.6 is 15.9 Å². The molecule has 0 amide bonds. The van der Waals surface area contributed by atoms with Crippen molar-refractivity contribution >= 4 is 26.8 Å². The van der Waals surface area contributed by atoms with Crippen LogP contribution in [0.25, 0.3) is 10.9 Å². The number of aromatic nitrogens is 1. The van der Waals surface area contributed by atoms with E-state index in [1.54, 1.807) is 0 Å². The highest BCUT2D eigenvalue weighted by molar-refractivity contribution is 9.10. The molecule has 1 fully saturated rings. The van der Waals surface area contributed by atoms with Gasteiger partial charge in [0.25, 0.3) is 0 Å². The number of H-pyrrole nitrogens is 1. The van der Waals surface area contributed by atoms with Crippen LogP contribution in [0.15, 0.2) is 22.7 Å². The molecule has 1 aliphatic heterocycles. The van der Waals surface area contributed by atoms with E-state index in [4.69, 9.17) is 0 Å². The number of hydrogen-bond donors (Lipinski definition) is 2. The van der Waals surface area contributed by atoms with Crippen LogP contribution in [0.4, 0.5) is 0 Å². The average molecular weight is 376 g/mol. The first-order chi connectivity index (χ1) is 11.2. The van der Waals surface area contributed by atoms with Crippen molar-refractivity contribution in [3.8, 4) is 0 Å². The van der Waals surface area contributed by atoms with E-state index >= 15 is 0 Å². The number of piperidine rings is 1. The number of hydrogen-bond acceptors (Lipinski definition) is 2. The van der Waals surface area contributed by atoms with Crippen molar-refractivity contribution < 1.29 is 0 Å². The van der Waals surface area contributed by atoms with E-state index in [0.717, 1.165) is 0 Å². The maximum Gasteiger partial charge on any atom is 0.0478 e. The molecular weight excluding hydrogens is 350 g/mol. The van der Waals surface area contributed by atoms with Gasteiger partial charge in [0.15, 0.2) is 0 Å². The molecule has 4 heteroatoms. The van der Waals surface area contributed by atoms with Crippen LogP contribution in [0.3, 0.4) is 0 Å². The van der Waals surface area contributed by atoms with Crippen LogP contribution in [0.5, 0.6) is 0 Å². The van der Waals surface area contributed by atoms with Gasteiger partial charge in [0.1, 0.15) is 0 Å². The molecular formula is C19H26BrN3.